The van der Waals surface area contributed by atoms with Crippen molar-refractivity contribution in [3.63, 3.8) is 0 Å². The lowest BCUT2D eigenvalue weighted by Crippen LogP contribution is -2.08. The minimum Gasteiger partial charge on any atom is -0.441 e. The van der Waals surface area contributed by atoms with E-state index in [2.05, 4.69) is 35.7 Å². The number of rotatable bonds is 2. The van der Waals surface area contributed by atoms with Crippen LogP contribution in [0, 0.1) is 12.8 Å². The van der Waals surface area contributed by atoms with Crippen LogP contribution in [0.25, 0.3) is 22.4 Å². The number of H-pyrrole nitrogens is 1. The molecule has 0 saturated carbocycles. The molecule has 3 rings (SSSR count). The first-order valence-corrected chi connectivity index (χ1v) is 7.45. The van der Waals surface area contributed by atoms with Crippen molar-refractivity contribution in [1.29, 1.82) is 0 Å². The molecular weight excluding hydrogens is 276 g/mol. The van der Waals surface area contributed by atoms with Gasteiger partial charge in [0.2, 0.25) is 0 Å². The largest absolute Gasteiger partial charge is 0.441 e. The first-order valence-electron chi connectivity index (χ1n) is 7.45. The fraction of sp³-hybridized carbons (Fsp3) is 0.412. The number of hydrogen-bond acceptors (Lipinski definition) is 4. The predicted molar refractivity (Wildman–Crippen MR) is 91.2 cm³/mol. The number of anilines is 1. The molecule has 0 aliphatic rings. The summed E-state index contributed by atoms with van der Waals surface area (Å²) in [7, 11) is 3.97. The van der Waals surface area contributed by atoms with Gasteiger partial charge in [0.1, 0.15) is 11.3 Å². The Morgan fingerprint density at radius 1 is 1.14 bits per heavy atom. The Bertz CT molecular complexity index is 737. The van der Waals surface area contributed by atoms with Gasteiger partial charge in [0.25, 0.3) is 0 Å². The highest BCUT2D eigenvalue weighted by Crippen LogP contribution is 2.32. The first-order chi connectivity index (χ1) is 10.4. The Kier molecular flexibility index (Phi) is 4.85. The van der Waals surface area contributed by atoms with Crippen molar-refractivity contribution in [3.05, 3.63) is 30.5 Å². The van der Waals surface area contributed by atoms with Gasteiger partial charge in [-0.25, -0.2) is 9.97 Å². The van der Waals surface area contributed by atoms with E-state index in [1.807, 2.05) is 44.2 Å². The van der Waals surface area contributed by atoms with Gasteiger partial charge in [-0.2, -0.15) is 0 Å². The molecule has 0 spiro atoms. The minimum absolute atomic E-state index is 0.796. The van der Waals surface area contributed by atoms with Crippen LogP contribution in [0.2, 0.25) is 0 Å². The number of benzene rings is 1. The molecule has 0 saturated heterocycles. The molecule has 0 bridgehead atoms. The SMILES string of the molecule is CC(C)C.Cc1ncc(-c2ccc(N(C)C)c3ocnc23)[nH]1. The Balaban J connectivity index is 0.000000396. The smallest absolute Gasteiger partial charge is 0.182 e. The van der Waals surface area contributed by atoms with Gasteiger partial charge < -0.3 is 14.3 Å². The summed E-state index contributed by atoms with van der Waals surface area (Å²) in [6.07, 6.45) is 3.29. The maximum absolute atomic E-state index is 5.49. The van der Waals surface area contributed by atoms with Crippen LogP contribution < -0.4 is 4.90 Å². The summed E-state index contributed by atoms with van der Waals surface area (Å²) in [6.45, 7) is 8.43. The zero-order valence-electron chi connectivity index (χ0n) is 14.1. The van der Waals surface area contributed by atoms with Gasteiger partial charge in [0.05, 0.1) is 17.6 Å². The zero-order chi connectivity index (χ0) is 16.3. The third kappa shape index (κ3) is 3.47. The van der Waals surface area contributed by atoms with Crippen molar-refractivity contribution in [3.8, 4) is 11.3 Å². The van der Waals surface area contributed by atoms with Gasteiger partial charge in [-0.15, -0.1) is 0 Å². The van der Waals surface area contributed by atoms with E-state index in [0.717, 1.165) is 39.8 Å². The Hall–Kier alpha value is -2.30. The average molecular weight is 300 g/mol. The lowest BCUT2D eigenvalue weighted by atomic mass is 10.1. The molecule has 1 aromatic carbocycles. The molecule has 0 aliphatic carbocycles. The van der Waals surface area contributed by atoms with Crippen LogP contribution in [0.1, 0.15) is 26.6 Å². The normalized spacial score (nSPS) is 10.7. The van der Waals surface area contributed by atoms with E-state index in [4.69, 9.17) is 4.42 Å². The quantitative estimate of drug-likeness (QED) is 0.768. The van der Waals surface area contributed by atoms with Gasteiger partial charge >= 0.3 is 0 Å². The van der Waals surface area contributed by atoms with Gasteiger partial charge in [-0.05, 0) is 25.0 Å². The number of imidazole rings is 1. The number of fused-ring (bicyclic) bond motifs is 1. The topological polar surface area (TPSA) is 58.0 Å². The number of nitrogens with zero attached hydrogens (tertiary/aromatic N) is 3. The molecule has 0 aliphatic heterocycles. The fourth-order valence-corrected chi connectivity index (χ4v) is 2.06. The van der Waals surface area contributed by atoms with Gasteiger partial charge in [0, 0.05) is 19.7 Å². The van der Waals surface area contributed by atoms with Crippen LogP contribution in [0.5, 0.6) is 0 Å². The second kappa shape index (κ2) is 6.64. The summed E-state index contributed by atoms with van der Waals surface area (Å²) in [5.74, 6) is 1.72. The number of aromatic nitrogens is 3. The first kappa shape index (κ1) is 16.1. The summed E-state index contributed by atoms with van der Waals surface area (Å²) in [4.78, 5) is 13.7. The summed E-state index contributed by atoms with van der Waals surface area (Å²) in [5, 5.41) is 0. The van der Waals surface area contributed by atoms with E-state index in [9.17, 15) is 0 Å². The Labute approximate surface area is 131 Å². The van der Waals surface area contributed by atoms with E-state index in [1.54, 1.807) is 0 Å². The van der Waals surface area contributed by atoms with Crippen LogP contribution >= 0.6 is 0 Å². The second-order valence-corrected chi connectivity index (χ2v) is 6.17. The Morgan fingerprint density at radius 3 is 2.36 bits per heavy atom. The van der Waals surface area contributed by atoms with Gasteiger partial charge in [-0.1, -0.05) is 20.8 Å². The maximum atomic E-state index is 5.49. The van der Waals surface area contributed by atoms with Gasteiger partial charge in [0.15, 0.2) is 12.0 Å². The highest BCUT2D eigenvalue weighted by molar-refractivity contribution is 5.96. The fourth-order valence-electron chi connectivity index (χ4n) is 2.06. The number of nitrogens with one attached hydrogen (secondary N) is 1. The van der Waals surface area contributed by atoms with Crippen LogP contribution in [0.4, 0.5) is 5.69 Å². The summed E-state index contributed by atoms with van der Waals surface area (Å²) in [6, 6.07) is 4.06. The molecule has 2 heterocycles. The molecule has 0 atom stereocenters. The number of hydrogen-bond donors (Lipinski definition) is 1. The molecule has 0 fully saturated rings. The van der Waals surface area contributed by atoms with Crippen molar-refractivity contribution in [1.82, 2.24) is 15.0 Å². The average Bonchev–Trinajstić information content (AvgIpc) is 3.05. The molecule has 118 valence electrons. The molecule has 0 radical (unpaired) electrons. The maximum Gasteiger partial charge on any atom is 0.182 e. The number of aromatic amines is 1. The lowest BCUT2D eigenvalue weighted by molar-refractivity contribution is 0.602. The second-order valence-electron chi connectivity index (χ2n) is 6.17. The van der Waals surface area contributed by atoms with Crippen LogP contribution in [0.15, 0.2) is 29.1 Å². The molecule has 22 heavy (non-hydrogen) atoms. The van der Waals surface area contributed by atoms with Crippen molar-refractivity contribution in [2.45, 2.75) is 27.7 Å². The van der Waals surface area contributed by atoms with E-state index in [1.165, 1.54) is 6.39 Å². The number of oxazole rings is 1. The van der Waals surface area contributed by atoms with Crippen molar-refractivity contribution in [2.24, 2.45) is 5.92 Å². The van der Waals surface area contributed by atoms with E-state index in [-0.39, 0.29) is 0 Å². The van der Waals surface area contributed by atoms with Crippen LogP contribution in [-0.2, 0) is 0 Å². The van der Waals surface area contributed by atoms with Gasteiger partial charge in [-0.3, -0.25) is 0 Å². The van der Waals surface area contributed by atoms with E-state index in [0.29, 0.717) is 0 Å². The van der Waals surface area contributed by atoms with Crippen molar-refractivity contribution < 1.29 is 4.42 Å². The minimum atomic E-state index is 0.796. The highest BCUT2D eigenvalue weighted by Gasteiger charge is 2.14. The Morgan fingerprint density at radius 2 is 1.82 bits per heavy atom. The predicted octanol–water partition coefficient (Wildman–Crippen LogP) is 4.25. The van der Waals surface area contributed by atoms with E-state index < -0.39 is 0 Å². The van der Waals surface area contributed by atoms with Crippen molar-refractivity contribution >= 4 is 16.8 Å². The highest BCUT2D eigenvalue weighted by atomic mass is 16.3. The zero-order valence-corrected chi connectivity index (χ0v) is 14.1. The van der Waals surface area contributed by atoms with Crippen LogP contribution in [0.3, 0.4) is 0 Å². The lowest BCUT2D eigenvalue weighted by Gasteiger charge is -2.13. The van der Waals surface area contributed by atoms with E-state index >= 15 is 0 Å². The monoisotopic (exact) mass is 300 g/mol. The van der Waals surface area contributed by atoms with Crippen molar-refractivity contribution in [2.75, 3.05) is 19.0 Å². The standard InChI is InChI=1S/C13H14N4O.C4H10/c1-8-14-6-10(16-8)9-4-5-11(17(2)3)13-12(9)15-7-18-13;1-4(2)3/h4-7H,1-3H3,(H,14,16);4H,1-3H3. The molecule has 1 N–H and O–H groups in total. The third-order valence-electron chi connectivity index (χ3n) is 2.94. The molecule has 0 unspecified atom stereocenters. The molecule has 3 aromatic rings. The molecular formula is C17H24N4O. The molecule has 2 aromatic heterocycles. The third-order valence-corrected chi connectivity index (χ3v) is 2.94. The van der Waals surface area contributed by atoms with Crippen LogP contribution in [-0.4, -0.2) is 29.0 Å². The number of aryl methyl sites for hydroxylation is 1. The molecule has 5 nitrogen and oxygen atoms in total. The summed E-state index contributed by atoms with van der Waals surface area (Å²) in [5.41, 5.74) is 4.62. The molecule has 5 heteroatoms. The molecule has 0 amide bonds. The summed E-state index contributed by atoms with van der Waals surface area (Å²) >= 11 is 0. The summed E-state index contributed by atoms with van der Waals surface area (Å²) < 4.78 is 5.49.